The van der Waals surface area contributed by atoms with Crippen LogP contribution in [0.5, 0.6) is 0 Å². The van der Waals surface area contributed by atoms with Crippen molar-refractivity contribution in [2.24, 2.45) is 11.8 Å². The summed E-state index contributed by atoms with van der Waals surface area (Å²) in [6.07, 6.45) is 5.24. The Hall–Kier alpha value is -3.27. The highest BCUT2D eigenvalue weighted by Crippen LogP contribution is 2.13. The Kier molecular flexibility index (Phi) is 11.7. The Morgan fingerprint density at radius 3 is 2.32 bits per heavy atom. The van der Waals surface area contributed by atoms with Gasteiger partial charge >= 0.3 is 5.97 Å². The number of ether oxygens (including phenoxy) is 1. The lowest BCUT2D eigenvalue weighted by atomic mass is 10.1. The lowest BCUT2D eigenvalue weighted by molar-refractivity contribution is -0.121. The highest BCUT2D eigenvalue weighted by Gasteiger charge is 2.20. The Morgan fingerprint density at radius 1 is 1.03 bits per heavy atom. The van der Waals surface area contributed by atoms with Gasteiger partial charge in [-0.2, -0.15) is 0 Å². The number of benzene rings is 1. The van der Waals surface area contributed by atoms with Crippen molar-refractivity contribution in [3.63, 3.8) is 0 Å². The van der Waals surface area contributed by atoms with Gasteiger partial charge < -0.3 is 10.1 Å². The van der Waals surface area contributed by atoms with Crippen molar-refractivity contribution < 1.29 is 27.5 Å². The highest BCUT2D eigenvalue weighted by molar-refractivity contribution is 7.90. The van der Waals surface area contributed by atoms with E-state index in [-0.39, 0.29) is 40.5 Å². The van der Waals surface area contributed by atoms with E-state index in [4.69, 9.17) is 4.74 Å². The molecular formula is C27H37N3O6S. The number of pyridine rings is 1. The van der Waals surface area contributed by atoms with Crippen molar-refractivity contribution in [2.45, 2.75) is 64.7 Å². The number of sulfonamides is 1. The predicted octanol–water partition coefficient (Wildman–Crippen LogP) is 3.89. The van der Waals surface area contributed by atoms with Gasteiger partial charge in [-0.1, -0.05) is 52.7 Å². The lowest BCUT2D eigenvalue weighted by Gasteiger charge is -2.11. The van der Waals surface area contributed by atoms with Crippen LogP contribution in [-0.2, 0) is 26.0 Å². The number of carbonyl (C=O) groups excluding carboxylic acids is 3. The van der Waals surface area contributed by atoms with E-state index in [0.29, 0.717) is 19.4 Å². The van der Waals surface area contributed by atoms with Gasteiger partial charge in [0.05, 0.1) is 17.1 Å². The number of rotatable bonds is 14. The summed E-state index contributed by atoms with van der Waals surface area (Å²) >= 11 is 0. The molecule has 1 heterocycles. The molecule has 0 aliphatic rings. The third kappa shape index (κ3) is 10.3. The minimum Gasteiger partial charge on any atom is -0.461 e. The molecule has 9 nitrogen and oxygen atoms in total. The van der Waals surface area contributed by atoms with E-state index in [9.17, 15) is 22.8 Å². The molecule has 0 saturated carbocycles. The Labute approximate surface area is 219 Å². The number of carbonyl (C=O) groups is 3. The van der Waals surface area contributed by atoms with Crippen LogP contribution in [0, 0.1) is 11.8 Å². The van der Waals surface area contributed by atoms with E-state index < -0.39 is 21.9 Å². The molecule has 1 aromatic carbocycles. The first-order valence-electron chi connectivity index (χ1n) is 12.6. The molecule has 2 amide bonds. The van der Waals surface area contributed by atoms with Crippen molar-refractivity contribution in [3.05, 3.63) is 59.4 Å². The van der Waals surface area contributed by atoms with Gasteiger partial charge in [-0.15, -0.1) is 0 Å². The Morgan fingerprint density at radius 2 is 1.73 bits per heavy atom. The number of hydrogen-bond acceptors (Lipinski definition) is 7. The van der Waals surface area contributed by atoms with Crippen LogP contribution < -0.4 is 10.0 Å². The fraction of sp³-hybridized carbons (Fsp3) is 0.481. The first-order chi connectivity index (χ1) is 17.5. The van der Waals surface area contributed by atoms with E-state index in [1.54, 1.807) is 12.1 Å². The number of nitrogens with one attached hydrogen (secondary N) is 2. The number of unbranched alkanes of at least 4 members (excludes halogenated alkanes) is 1. The molecular weight excluding hydrogens is 494 g/mol. The molecule has 0 bridgehead atoms. The van der Waals surface area contributed by atoms with Crippen LogP contribution >= 0.6 is 0 Å². The molecule has 2 aromatic rings. The molecule has 0 saturated heterocycles. The zero-order chi connectivity index (χ0) is 27.4. The number of esters is 1. The number of amides is 2. The molecule has 1 aromatic heterocycles. The lowest BCUT2D eigenvalue weighted by Crippen LogP contribution is -2.30. The molecule has 2 N–H and O–H groups in total. The molecule has 2 rings (SSSR count). The fourth-order valence-corrected chi connectivity index (χ4v) is 4.42. The van der Waals surface area contributed by atoms with Crippen LogP contribution in [0.3, 0.4) is 0 Å². The first kappa shape index (κ1) is 30.0. The van der Waals surface area contributed by atoms with Crippen LogP contribution in [0.25, 0.3) is 0 Å². The smallest absolute Gasteiger partial charge is 0.356 e. The molecule has 202 valence electrons. The second-order valence-corrected chi connectivity index (χ2v) is 11.2. The maximum atomic E-state index is 12.6. The van der Waals surface area contributed by atoms with Crippen molar-refractivity contribution in [1.29, 1.82) is 0 Å². The van der Waals surface area contributed by atoms with E-state index in [0.717, 1.165) is 31.0 Å². The van der Waals surface area contributed by atoms with Gasteiger partial charge in [0.2, 0.25) is 5.91 Å². The largest absolute Gasteiger partial charge is 0.461 e. The van der Waals surface area contributed by atoms with Gasteiger partial charge in [-0.05, 0) is 54.5 Å². The summed E-state index contributed by atoms with van der Waals surface area (Å²) < 4.78 is 32.6. The van der Waals surface area contributed by atoms with Crippen LogP contribution in [0.1, 0.15) is 79.8 Å². The SMILES string of the molecule is CCCCC(C)COC(=O)c1ccc(C(=O)NS(=O)(=O)c2ccc(CCNC(=O)CC(C)C)cc2)cn1. The molecule has 0 spiro atoms. The van der Waals surface area contributed by atoms with Gasteiger partial charge in [-0.25, -0.2) is 22.9 Å². The number of nitrogens with zero attached hydrogens (tertiary/aromatic N) is 1. The van der Waals surface area contributed by atoms with Gasteiger partial charge in [-0.3, -0.25) is 9.59 Å². The second-order valence-electron chi connectivity index (χ2n) is 9.55. The quantitative estimate of drug-likeness (QED) is 0.354. The third-order valence-corrected chi connectivity index (χ3v) is 6.92. The van der Waals surface area contributed by atoms with E-state index >= 15 is 0 Å². The molecule has 0 fully saturated rings. The number of aromatic nitrogens is 1. The van der Waals surface area contributed by atoms with Crippen molar-refractivity contribution in [1.82, 2.24) is 15.0 Å². The zero-order valence-corrected chi connectivity index (χ0v) is 22.8. The summed E-state index contributed by atoms with van der Waals surface area (Å²) in [6, 6.07) is 8.73. The molecule has 0 radical (unpaired) electrons. The summed E-state index contributed by atoms with van der Waals surface area (Å²) in [5.41, 5.74) is 0.879. The first-order valence-corrected chi connectivity index (χ1v) is 14.1. The van der Waals surface area contributed by atoms with Crippen molar-refractivity contribution >= 4 is 27.8 Å². The summed E-state index contributed by atoms with van der Waals surface area (Å²) in [4.78, 5) is 40.3. The molecule has 0 aliphatic heterocycles. The summed E-state index contributed by atoms with van der Waals surface area (Å²) in [5.74, 6) is -0.962. The van der Waals surface area contributed by atoms with Gasteiger partial charge in [0.15, 0.2) is 0 Å². The van der Waals surface area contributed by atoms with Crippen LogP contribution in [-0.4, -0.2) is 44.3 Å². The predicted molar refractivity (Wildman–Crippen MR) is 140 cm³/mol. The van der Waals surface area contributed by atoms with Crippen molar-refractivity contribution in [3.8, 4) is 0 Å². The summed E-state index contributed by atoms with van der Waals surface area (Å²) in [7, 11) is -4.11. The Bertz CT molecular complexity index is 1150. The van der Waals surface area contributed by atoms with Gasteiger partial charge in [0, 0.05) is 19.2 Å². The zero-order valence-electron chi connectivity index (χ0n) is 22.0. The minimum atomic E-state index is -4.11. The molecule has 1 atom stereocenters. The maximum Gasteiger partial charge on any atom is 0.356 e. The maximum absolute atomic E-state index is 12.6. The average molecular weight is 532 g/mol. The van der Waals surface area contributed by atoms with Crippen LogP contribution in [0.15, 0.2) is 47.5 Å². The molecule has 0 aliphatic carbocycles. The fourth-order valence-electron chi connectivity index (χ4n) is 3.44. The molecule has 10 heteroatoms. The van der Waals surface area contributed by atoms with Crippen molar-refractivity contribution in [2.75, 3.05) is 13.2 Å². The minimum absolute atomic E-state index is 0.00908. The topological polar surface area (TPSA) is 132 Å². The van der Waals surface area contributed by atoms with Crippen LogP contribution in [0.4, 0.5) is 0 Å². The standard InChI is InChI=1S/C27H37N3O6S/c1-5-6-7-20(4)18-36-27(33)24-13-10-22(17-29-24)26(32)30-37(34,35)23-11-8-21(9-12-23)14-15-28-25(31)16-19(2)3/h8-13,17,19-20H,5-7,14-16,18H2,1-4H3,(H,28,31)(H,30,32). The van der Waals surface area contributed by atoms with E-state index in [1.807, 2.05) is 25.5 Å². The average Bonchev–Trinajstić information content (AvgIpc) is 2.85. The highest BCUT2D eigenvalue weighted by atomic mass is 32.2. The molecule has 1 unspecified atom stereocenters. The third-order valence-electron chi connectivity index (χ3n) is 5.57. The summed E-state index contributed by atoms with van der Waals surface area (Å²) in [6.45, 7) is 8.77. The Balaban J connectivity index is 1.90. The van der Waals surface area contributed by atoms with Crippen LogP contribution in [0.2, 0.25) is 0 Å². The number of hydrogen-bond donors (Lipinski definition) is 2. The monoisotopic (exact) mass is 531 g/mol. The summed E-state index contributed by atoms with van der Waals surface area (Å²) in [5, 5.41) is 2.83. The van der Waals surface area contributed by atoms with Gasteiger partial charge in [0.1, 0.15) is 5.69 Å². The van der Waals surface area contributed by atoms with E-state index in [1.165, 1.54) is 24.3 Å². The van der Waals surface area contributed by atoms with E-state index in [2.05, 4.69) is 17.2 Å². The van der Waals surface area contributed by atoms with Gasteiger partial charge in [0.25, 0.3) is 15.9 Å². The second kappa shape index (κ2) is 14.5. The normalized spacial score (nSPS) is 12.1. The molecule has 37 heavy (non-hydrogen) atoms.